The molecule has 0 saturated carbocycles. The predicted molar refractivity (Wildman–Crippen MR) is 72.9 cm³/mol. The molecule has 19 heavy (non-hydrogen) atoms. The summed E-state index contributed by atoms with van der Waals surface area (Å²) in [7, 11) is 0. The van der Waals surface area contributed by atoms with Gasteiger partial charge in [-0.15, -0.1) is 0 Å². The van der Waals surface area contributed by atoms with Gasteiger partial charge in [-0.3, -0.25) is 4.68 Å². The summed E-state index contributed by atoms with van der Waals surface area (Å²) >= 11 is 6.31. The number of hydrogen-bond acceptors (Lipinski definition) is 5. The van der Waals surface area contributed by atoms with Crippen molar-refractivity contribution in [2.45, 2.75) is 40.3 Å². The van der Waals surface area contributed by atoms with Crippen molar-refractivity contribution in [3.05, 3.63) is 16.6 Å². The molecular weight excluding hydrogens is 266 g/mol. The molecule has 0 amide bonds. The second kappa shape index (κ2) is 6.16. The molecule has 1 aliphatic rings. The second-order valence-electron chi connectivity index (χ2n) is 4.00. The van der Waals surface area contributed by atoms with Gasteiger partial charge in [-0.2, -0.15) is 10.1 Å². The van der Waals surface area contributed by atoms with Crippen LogP contribution in [0.3, 0.4) is 0 Å². The summed E-state index contributed by atoms with van der Waals surface area (Å²) in [6.07, 6.45) is 1.04. The maximum absolute atomic E-state index is 6.31. The van der Waals surface area contributed by atoms with Crippen LogP contribution in [0.25, 0.3) is 11.5 Å². The topological polar surface area (TPSA) is 68.8 Å². The van der Waals surface area contributed by atoms with Gasteiger partial charge in [0.1, 0.15) is 0 Å². The number of aryl methyl sites for hydroxylation is 2. The van der Waals surface area contributed by atoms with E-state index in [1.165, 1.54) is 0 Å². The number of halogens is 1. The molecule has 0 bridgehead atoms. The summed E-state index contributed by atoms with van der Waals surface area (Å²) in [5.74, 6) is 0.963. The second-order valence-corrected chi connectivity index (χ2v) is 4.38. The number of aromatic nitrogens is 4. The van der Waals surface area contributed by atoms with Crippen molar-refractivity contribution in [1.82, 2.24) is 25.2 Å². The Morgan fingerprint density at radius 2 is 2.16 bits per heavy atom. The van der Waals surface area contributed by atoms with Gasteiger partial charge in [-0.1, -0.05) is 30.6 Å². The zero-order chi connectivity index (χ0) is 13.8. The van der Waals surface area contributed by atoms with Crippen LogP contribution in [-0.2, 0) is 13.1 Å². The molecular formula is C12H18ClN5O. The first-order valence-corrected chi connectivity index (χ1v) is 6.90. The van der Waals surface area contributed by atoms with Crippen molar-refractivity contribution < 1.29 is 4.52 Å². The molecule has 1 N–H and O–H groups in total. The van der Waals surface area contributed by atoms with E-state index >= 15 is 0 Å². The van der Waals surface area contributed by atoms with Gasteiger partial charge in [0.05, 0.1) is 10.7 Å². The molecule has 0 atom stereocenters. The van der Waals surface area contributed by atoms with E-state index in [4.69, 9.17) is 16.1 Å². The van der Waals surface area contributed by atoms with E-state index in [0.29, 0.717) is 22.4 Å². The van der Waals surface area contributed by atoms with Crippen molar-refractivity contribution in [2.24, 2.45) is 0 Å². The maximum Gasteiger partial charge on any atom is 0.224 e. The Balaban J connectivity index is 0.000000637. The predicted octanol–water partition coefficient (Wildman–Crippen LogP) is 2.41. The highest BCUT2D eigenvalue weighted by Crippen LogP contribution is 2.29. The summed E-state index contributed by atoms with van der Waals surface area (Å²) in [5.41, 5.74) is 1.59. The summed E-state index contributed by atoms with van der Waals surface area (Å²) in [6.45, 7) is 8.31. The largest absolute Gasteiger partial charge is 0.339 e. The zero-order valence-electron chi connectivity index (χ0n) is 11.4. The third-order valence-electron chi connectivity index (χ3n) is 2.75. The molecule has 104 valence electrons. The first kappa shape index (κ1) is 14.0. The highest BCUT2D eigenvalue weighted by Gasteiger charge is 2.21. The van der Waals surface area contributed by atoms with Gasteiger partial charge in [0.2, 0.25) is 11.7 Å². The van der Waals surface area contributed by atoms with Crippen LogP contribution in [0, 0.1) is 6.92 Å². The molecule has 0 saturated heterocycles. The first-order valence-electron chi connectivity index (χ1n) is 6.52. The maximum atomic E-state index is 6.31. The van der Waals surface area contributed by atoms with Crippen LogP contribution in [-0.4, -0.2) is 26.5 Å². The molecule has 0 radical (unpaired) electrons. The van der Waals surface area contributed by atoms with Crippen molar-refractivity contribution in [3.8, 4) is 11.5 Å². The van der Waals surface area contributed by atoms with Crippen LogP contribution in [0.2, 0.25) is 5.02 Å². The summed E-state index contributed by atoms with van der Waals surface area (Å²) in [6, 6.07) is 0. The summed E-state index contributed by atoms with van der Waals surface area (Å²) in [4.78, 5) is 4.15. The minimum atomic E-state index is 0.452. The fraction of sp³-hybridized carbons (Fsp3) is 0.583. The van der Waals surface area contributed by atoms with Gasteiger partial charge in [0.25, 0.3) is 0 Å². The highest BCUT2D eigenvalue weighted by atomic mass is 35.5. The summed E-state index contributed by atoms with van der Waals surface area (Å²) in [5, 5.41) is 12.2. The Bertz CT molecular complexity index is 548. The average Bonchev–Trinajstić information content (AvgIpc) is 2.88. The lowest BCUT2D eigenvalue weighted by Gasteiger charge is -1.99. The average molecular weight is 284 g/mol. The lowest BCUT2D eigenvalue weighted by atomic mass is 10.3. The molecule has 3 rings (SSSR count). The van der Waals surface area contributed by atoms with Gasteiger partial charge >= 0.3 is 0 Å². The Kier molecular flexibility index (Phi) is 4.55. The van der Waals surface area contributed by atoms with Crippen LogP contribution >= 0.6 is 11.6 Å². The lowest BCUT2D eigenvalue weighted by molar-refractivity contribution is 0.394. The fourth-order valence-electron chi connectivity index (χ4n) is 1.93. The zero-order valence-corrected chi connectivity index (χ0v) is 12.2. The van der Waals surface area contributed by atoms with Gasteiger partial charge in [0, 0.05) is 20.0 Å². The number of nitrogens with zero attached hydrogens (tertiary/aromatic N) is 4. The van der Waals surface area contributed by atoms with Gasteiger partial charge in [-0.25, -0.2) is 0 Å². The number of rotatable bonds is 1. The van der Waals surface area contributed by atoms with E-state index in [2.05, 4.69) is 20.6 Å². The number of nitrogens with one attached hydrogen (secondary N) is 1. The lowest BCUT2D eigenvalue weighted by Crippen LogP contribution is -2.12. The normalized spacial score (nSPS) is 14.3. The Morgan fingerprint density at radius 1 is 1.37 bits per heavy atom. The summed E-state index contributed by atoms with van der Waals surface area (Å²) < 4.78 is 6.87. The van der Waals surface area contributed by atoms with E-state index in [1.54, 1.807) is 6.92 Å². The monoisotopic (exact) mass is 283 g/mol. The van der Waals surface area contributed by atoms with Crippen LogP contribution in [0.1, 0.15) is 31.9 Å². The quantitative estimate of drug-likeness (QED) is 0.870. The molecule has 2 aromatic rings. The standard InChI is InChI=1S/C10H12ClN5O.C2H6/c1-6-13-10(15-17-6)9-8(11)7-5-12-3-2-4-16(7)14-9;1-2/h12H,2-5H2,1H3;1-2H3. The van der Waals surface area contributed by atoms with Crippen LogP contribution in [0.5, 0.6) is 0 Å². The first-order chi connectivity index (χ1) is 9.25. The minimum absolute atomic E-state index is 0.452. The van der Waals surface area contributed by atoms with E-state index < -0.39 is 0 Å². The molecule has 3 heterocycles. The minimum Gasteiger partial charge on any atom is -0.339 e. The van der Waals surface area contributed by atoms with E-state index in [9.17, 15) is 0 Å². The third-order valence-corrected chi connectivity index (χ3v) is 3.15. The molecule has 0 aliphatic carbocycles. The SMILES string of the molecule is CC.Cc1nc(-c2nn3c(c2Cl)CNCCC3)no1. The number of fused-ring (bicyclic) bond motifs is 1. The van der Waals surface area contributed by atoms with E-state index in [-0.39, 0.29) is 0 Å². The van der Waals surface area contributed by atoms with E-state index in [1.807, 2.05) is 18.5 Å². The van der Waals surface area contributed by atoms with Crippen molar-refractivity contribution in [2.75, 3.05) is 6.54 Å². The van der Waals surface area contributed by atoms with Crippen LogP contribution < -0.4 is 5.32 Å². The number of hydrogen-bond donors (Lipinski definition) is 1. The molecule has 2 aromatic heterocycles. The molecule has 1 aliphatic heterocycles. The van der Waals surface area contributed by atoms with Gasteiger partial charge in [-0.05, 0) is 13.0 Å². The Morgan fingerprint density at radius 3 is 2.84 bits per heavy atom. The Labute approximate surface area is 117 Å². The van der Waals surface area contributed by atoms with E-state index in [0.717, 1.165) is 31.7 Å². The van der Waals surface area contributed by atoms with Crippen molar-refractivity contribution >= 4 is 11.6 Å². The molecule has 0 spiro atoms. The highest BCUT2D eigenvalue weighted by molar-refractivity contribution is 6.33. The van der Waals surface area contributed by atoms with Crippen molar-refractivity contribution in [1.29, 1.82) is 0 Å². The molecule has 6 nitrogen and oxygen atoms in total. The van der Waals surface area contributed by atoms with Crippen molar-refractivity contribution in [3.63, 3.8) is 0 Å². The smallest absolute Gasteiger partial charge is 0.224 e. The van der Waals surface area contributed by atoms with Crippen LogP contribution in [0.15, 0.2) is 4.52 Å². The molecule has 0 unspecified atom stereocenters. The van der Waals surface area contributed by atoms with Crippen LogP contribution in [0.4, 0.5) is 0 Å². The molecule has 7 heteroatoms. The van der Waals surface area contributed by atoms with Gasteiger partial charge in [0.15, 0.2) is 5.69 Å². The molecule has 0 aromatic carbocycles. The third kappa shape index (κ3) is 2.79. The van der Waals surface area contributed by atoms with Gasteiger partial charge < -0.3 is 9.84 Å². The molecule has 0 fully saturated rings. The Hall–Kier alpha value is -1.40. The fourth-order valence-corrected chi connectivity index (χ4v) is 2.21.